The minimum Gasteiger partial charge on any atom is -0.370 e. The average Bonchev–Trinajstić information content (AvgIpc) is 3.15. The minimum absolute atomic E-state index is 0. The second-order valence-corrected chi connectivity index (χ2v) is 8.96. The van der Waals surface area contributed by atoms with E-state index in [0.29, 0.717) is 31.6 Å². The molecule has 0 bridgehead atoms. The second-order valence-electron chi connectivity index (χ2n) is 7.03. The van der Waals surface area contributed by atoms with Crippen LogP contribution in [-0.4, -0.2) is 50.9 Å². The molecule has 1 amide bonds. The Balaban J connectivity index is 0.00000392. The molecule has 1 aromatic carbocycles. The lowest BCUT2D eigenvalue weighted by Crippen LogP contribution is -2.31. The zero-order chi connectivity index (χ0) is 20.0. The van der Waals surface area contributed by atoms with Gasteiger partial charge in [-0.05, 0) is 44.4 Å². The number of nitrogens with two attached hydrogens (primary N) is 1. The van der Waals surface area contributed by atoms with Gasteiger partial charge in [-0.25, -0.2) is 8.42 Å². The zero-order valence-corrected chi connectivity index (χ0v) is 18.6. The summed E-state index contributed by atoms with van der Waals surface area (Å²) in [5, 5.41) is 2.91. The van der Waals surface area contributed by atoms with Crippen molar-refractivity contribution in [2.75, 3.05) is 36.4 Å². The maximum absolute atomic E-state index is 12.9. The SMILES string of the molecule is CCN(CC)S(=O)(=O)c1ccc(N2CCCC2)c(NC(=O)CCC(C)N)c1.Cl. The molecule has 9 heteroatoms. The molecule has 28 heavy (non-hydrogen) atoms. The monoisotopic (exact) mass is 432 g/mol. The van der Waals surface area contributed by atoms with E-state index in [-0.39, 0.29) is 29.3 Å². The Hall–Kier alpha value is -1.35. The fourth-order valence-electron chi connectivity index (χ4n) is 3.29. The number of carbonyl (C=O) groups is 1. The van der Waals surface area contributed by atoms with Gasteiger partial charge in [-0.2, -0.15) is 4.31 Å². The van der Waals surface area contributed by atoms with Crippen LogP contribution in [0.15, 0.2) is 23.1 Å². The average molecular weight is 433 g/mol. The zero-order valence-electron chi connectivity index (χ0n) is 17.0. The molecule has 7 nitrogen and oxygen atoms in total. The van der Waals surface area contributed by atoms with Crippen LogP contribution in [0.2, 0.25) is 0 Å². The molecular formula is C19H33ClN4O3S. The smallest absolute Gasteiger partial charge is 0.243 e. The molecular weight excluding hydrogens is 400 g/mol. The summed E-state index contributed by atoms with van der Waals surface area (Å²) < 4.78 is 27.1. The number of anilines is 2. The molecule has 1 aliphatic rings. The first-order valence-corrected chi connectivity index (χ1v) is 11.2. The van der Waals surface area contributed by atoms with Crippen molar-refractivity contribution in [2.24, 2.45) is 5.73 Å². The van der Waals surface area contributed by atoms with Crippen LogP contribution in [0.4, 0.5) is 11.4 Å². The van der Waals surface area contributed by atoms with Crippen LogP contribution in [-0.2, 0) is 14.8 Å². The van der Waals surface area contributed by atoms with Crippen molar-refractivity contribution in [3.05, 3.63) is 18.2 Å². The number of carbonyl (C=O) groups excluding carboxylic acids is 1. The predicted octanol–water partition coefficient (Wildman–Crippen LogP) is 2.81. The number of sulfonamides is 1. The van der Waals surface area contributed by atoms with Gasteiger partial charge in [0, 0.05) is 38.6 Å². The normalized spacial score (nSPS) is 15.4. The molecule has 0 saturated carbocycles. The number of amides is 1. The summed E-state index contributed by atoms with van der Waals surface area (Å²) in [5.74, 6) is -0.148. The molecule has 160 valence electrons. The minimum atomic E-state index is -3.58. The Bertz CT molecular complexity index is 746. The second kappa shape index (κ2) is 11.0. The highest BCUT2D eigenvalue weighted by Crippen LogP contribution is 2.32. The van der Waals surface area contributed by atoms with E-state index in [4.69, 9.17) is 5.73 Å². The van der Waals surface area contributed by atoms with E-state index >= 15 is 0 Å². The van der Waals surface area contributed by atoms with Crippen LogP contribution in [0, 0.1) is 0 Å². The predicted molar refractivity (Wildman–Crippen MR) is 117 cm³/mol. The molecule has 0 radical (unpaired) electrons. The fourth-order valence-corrected chi connectivity index (χ4v) is 4.78. The van der Waals surface area contributed by atoms with Crippen molar-refractivity contribution < 1.29 is 13.2 Å². The van der Waals surface area contributed by atoms with Gasteiger partial charge in [-0.1, -0.05) is 13.8 Å². The molecule has 1 aromatic rings. The summed E-state index contributed by atoms with van der Waals surface area (Å²) >= 11 is 0. The summed E-state index contributed by atoms with van der Waals surface area (Å²) in [6.45, 7) is 8.12. The van der Waals surface area contributed by atoms with Gasteiger partial charge in [0.2, 0.25) is 15.9 Å². The topological polar surface area (TPSA) is 95.7 Å². The number of nitrogens with one attached hydrogen (secondary N) is 1. The van der Waals surface area contributed by atoms with Crippen LogP contribution in [0.3, 0.4) is 0 Å². The molecule has 1 heterocycles. The number of rotatable bonds is 9. The molecule has 2 rings (SSSR count). The molecule has 0 spiro atoms. The van der Waals surface area contributed by atoms with Crippen molar-refractivity contribution in [2.45, 2.75) is 57.4 Å². The maximum Gasteiger partial charge on any atom is 0.243 e. The van der Waals surface area contributed by atoms with E-state index in [1.165, 1.54) is 4.31 Å². The molecule has 3 N–H and O–H groups in total. The van der Waals surface area contributed by atoms with Crippen LogP contribution in [0.25, 0.3) is 0 Å². The van der Waals surface area contributed by atoms with Crippen molar-refractivity contribution in [3.8, 4) is 0 Å². The van der Waals surface area contributed by atoms with Gasteiger partial charge >= 0.3 is 0 Å². The Labute approximate surface area is 175 Å². The first kappa shape index (κ1) is 24.7. The number of nitrogens with zero attached hydrogens (tertiary/aromatic N) is 2. The van der Waals surface area contributed by atoms with E-state index in [2.05, 4.69) is 10.2 Å². The largest absolute Gasteiger partial charge is 0.370 e. The van der Waals surface area contributed by atoms with E-state index < -0.39 is 10.0 Å². The van der Waals surface area contributed by atoms with E-state index in [0.717, 1.165) is 31.6 Å². The van der Waals surface area contributed by atoms with Crippen molar-refractivity contribution in [3.63, 3.8) is 0 Å². The van der Waals surface area contributed by atoms with Crippen LogP contribution in [0.1, 0.15) is 46.5 Å². The third-order valence-electron chi connectivity index (χ3n) is 4.86. The van der Waals surface area contributed by atoms with Crippen molar-refractivity contribution in [1.29, 1.82) is 0 Å². The lowest BCUT2D eigenvalue weighted by Gasteiger charge is -2.24. The molecule has 1 aliphatic heterocycles. The Kier molecular flexibility index (Phi) is 9.69. The number of hydrogen-bond acceptors (Lipinski definition) is 5. The molecule has 1 saturated heterocycles. The van der Waals surface area contributed by atoms with Crippen LogP contribution < -0.4 is 16.0 Å². The highest BCUT2D eigenvalue weighted by Gasteiger charge is 2.25. The van der Waals surface area contributed by atoms with Crippen LogP contribution >= 0.6 is 12.4 Å². The summed E-state index contributed by atoms with van der Waals surface area (Å²) in [4.78, 5) is 14.7. The Morgan fingerprint density at radius 2 is 1.86 bits per heavy atom. The van der Waals surface area contributed by atoms with Gasteiger partial charge in [-0.15, -0.1) is 12.4 Å². The van der Waals surface area contributed by atoms with Crippen LogP contribution in [0.5, 0.6) is 0 Å². The Morgan fingerprint density at radius 1 is 1.25 bits per heavy atom. The lowest BCUT2D eigenvalue weighted by molar-refractivity contribution is -0.116. The quantitative estimate of drug-likeness (QED) is 0.625. The third kappa shape index (κ3) is 6.07. The van der Waals surface area contributed by atoms with E-state index in [9.17, 15) is 13.2 Å². The van der Waals surface area contributed by atoms with Gasteiger partial charge in [0.1, 0.15) is 0 Å². The molecule has 0 aromatic heterocycles. The van der Waals surface area contributed by atoms with Crippen molar-refractivity contribution in [1.82, 2.24) is 4.31 Å². The summed E-state index contributed by atoms with van der Waals surface area (Å²) in [5.41, 5.74) is 7.17. The van der Waals surface area contributed by atoms with Gasteiger partial charge in [0.15, 0.2) is 0 Å². The molecule has 0 aliphatic carbocycles. The summed E-state index contributed by atoms with van der Waals surface area (Å²) in [6.07, 6.45) is 3.08. The number of halogens is 1. The van der Waals surface area contributed by atoms with E-state index in [1.807, 2.05) is 26.8 Å². The standard InChI is InChI=1S/C19H32N4O3S.ClH/c1-4-23(5-2)27(25,26)16-9-10-18(22-12-6-7-13-22)17(14-16)21-19(24)11-8-15(3)20;/h9-10,14-15H,4-8,11-13,20H2,1-3H3,(H,21,24);1H. The van der Waals surface area contributed by atoms with Gasteiger partial charge in [0.25, 0.3) is 0 Å². The van der Waals surface area contributed by atoms with Gasteiger partial charge in [-0.3, -0.25) is 4.79 Å². The number of hydrogen-bond donors (Lipinski definition) is 2. The van der Waals surface area contributed by atoms with Gasteiger partial charge < -0.3 is 16.0 Å². The lowest BCUT2D eigenvalue weighted by atomic mass is 10.2. The Morgan fingerprint density at radius 3 is 2.39 bits per heavy atom. The fraction of sp³-hybridized carbons (Fsp3) is 0.632. The third-order valence-corrected chi connectivity index (χ3v) is 6.90. The molecule has 1 unspecified atom stereocenters. The highest BCUT2D eigenvalue weighted by atomic mass is 35.5. The summed E-state index contributed by atoms with van der Waals surface area (Å²) in [7, 11) is -3.58. The maximum atomic E-state index is 12.9. The number of benzene rings is 1. The first-order valence-electron chi connectivity index (χ1n) is 9.74. The highest BCUT2D eigenvalue weighted by molar-refractivity contribution is 7.89. The van der Waals surface area contributed by atoms with Gasteiger partial charge in [0.05, 0.1) is 16.3 Å². The molecule has 1 fully saturated rings. The first-order chi connectivity index (χ1) is 12.8. The van der Waals surface area contributed by atoms with E-state index in [1.54, 1.807) is 12.1 Å². The summed E-state index contributed by atoms with van der Waals surface area (Å²) in [6, 6.07) is 4.98. The van der Waals surface area contributed by atoms with Crippen molar-refractivity contribution >= 4 is 39.7 Å². The molecule has 1 atom stereocenters.